The molecule has 0 aliphatic rings. The summed E-state index contributed by atoms with van der Waals surface area (Å²) in [6, 6.07) is 13.5. The lowest BCUT2D eigenvalue weighted by Gasteiger charge is -2.12. The summed E-state index contributed by atoms with van der Waals surface area (Å²) < 4.78 is 0. The number of carbonyl (C=O) groups is 3. The summed E-state index contributed by atoms with van der Waals surface area (Å²) in [5, 5.41) is 2.88. The Hall–Kier alpha value is -3.79. The zero-order valence-electron chi connectivity index (χ0n) is 22.1. The number of aryl methyl sites for hydroxylation is 2. The van der Waals surface area contributed by atoms with Crippen molar-refractivity contribution in [2.45, 2.75) is 60.3 Å². The summed E-state index contributed by atoms with van der Waals surface area (Å²) >= 11 is 0. The Morgan fingerprint density at radius 3 is 2.31 bits per heavy atom. The van der Waals surface area contributed by atoms with Crippen LogP contribution in [0.15, 0.2) is 78.9 Å². The van der Waals surface area contributed by atoms with E-state index in [4.69, 9.17) is 0 Å². The first kappa shape index (κ1) is 28.4. The normalized spacial score (nSPS) is 12.0. The summed E-state index contributed by atoms with van der Waals surface area (Å²) in [6.45, 7) is 13.7. The second-order valence-corrected chi connectivity index (χ2v) is 8.92. The Morgan fingerprint density at radius 2 is 1.67 bits per heavy atom. The number of benzene rings is 2. The van der Waals surface area contributed by atoms with Crippen LogP contribution in [-0.4, -0.2) is 17.5 Å². The van der Waals surface area contributed by atoms with Gasteiger partial charge < -0.3 is 5.32 Å². The van der Waals surface area contributed by atoms with Crippen LogP contribution in [0.2, 0.25) is 0 Å². The molecular weight excluding hydrogens is 446 g/mol. The minimum absolute atomic E-state index is 0.0201. The van der Waals surface area contributed by atoms with Gasteiger partial charge in [-0.15, -0.1) is 0 Å². The Balaban J connectivity index is 2.12. The van der Waals surface area contributed by atoms with Gasteiger partial charge in [0.2, 0.25) is 0 Å². The highest BCUT2D eigenvalue weighted by atomic mass is 16.2. The number of carbonyl (C=O) groups excluding carboxylic acids is 3. The first-order valence-electron chi connectivity index (χ1n) is 12.4. The van der Waals surface area contributed by atoms with E-state index in [1.807, 2.05) is 58.0 Å². The zero-order valence-corrected chi connectivity index (χ0v) is 22.1. The second kappa shape index (κ2) is 13.9. The van der Waals surface area contributed by atoms with E-state index < -0.39 is 0 Å². The van der Waals surface area contributed by atoms with Crippen LogP contribution in [0.4, 0.5) is 0 Å². The molecule has 2 aromatic carbocycles. The van der Waals surface area contributed by atoms with Gasteiger partial charge in [-0.1, -0.05) is 68.1 Å². The second-order valence-electron chi connectivity index (χ2n) is 8.92. The van der Waals surface area contributed by atoms with Crippen molar-refractivity contribution in [2.75, 3.05) is 0 Å². The van der Waals surface area contributed by atoms with Crippen molar-refractivity contribution in [2.24, 2.45) is 0 Å². The standard InChI is InChI=1S/C32H37NO3/c1-7-12-26(18-17-23(4)29-15-10-9-13-22(29)3)32(36)33-25(6)27-19-20-30(24(5)21-27)31(35)16-11-14-28(34)8-2/h7,9-10,12-13,15,17-21H,6,8,11,14,16H2,1-5H3,(H,33,36)/b12-7+,23-17+,26-18+. The van der Waals surface area contributed by atoms with Crippen molar-refractivity contribution in [1.82, 2.24) is 5.32 Å². The minimum atomic E-state index is -0.259. The fourth-order valence-corrected chi connectivity index (χ4v) is 3.91. The van der Waals surface area contributed by atoms with E-state index in [1.54, 1.807) is 24.3 Å². The first-order chi connectivity index (χ1) is 17.2. The molecule has 4 nitrogen and oxygen atoms in total. The van der Waals surface area contributed by atoms with Crippen LogP contribution in [0.1, 0.15) is 79.1 Å². The van der Waals surface area contributed by atoms with E-state index >= 15 is 0 Å². The Bertz CT molecular complexity index is 1230. The predicted octanol–water partition coefficient (Wildman–Crippen LogP) is 7.33. The number of rotatable bonds is 12. The SMILES string of the molecule is C=C(NC(=O)C(/C=C/C)=C/C=C(\C)c1ccccc1C)c1ccc(C(=O)CCCC(=O)CC)c(C)c1. The molecule has 2 aromatic rings. The molecule has 0 spiro atoms. The van der Waals surface area contributed by atoms with Gasteiger partial charge in [-0.05, 0) is 74.1 Å². The number of hydrogen-bond acceptors (Lipinski definition) is 3. The molecule has 0 radical (unpaired) electrons. The molecule has 2 rings (SSSR count). The van der Waals surface area contributed by atoms with Gasteiger partial charge in [0.1, 0.15) is 5.78 Å². The zero-order chi connectivity index (χ0) is 26.7. The number of hydrogen-bond donors (Lipinski definition) is 1. The third kappa shape index (κ3) is 8.16. The van der Waals surface area contributed by atoms with Gasteiger partial charge in [0.15, 0.2) is 5.78 Å². The first-order valence-corrected chi connectivity index (χ1v) is 12.4. The maximum absolute atomic E-state index is 13.0. The van der Waals surface area contributed by atoms with E-state index in [9.17, 15) is 14.4 Å². The maximum atomic E-state index is 13.0. The molecule has 36 heavy (non-hydrogen) atoms. The van der Waals surface area contributed by atoms with Gasteiger partial charge in [-0.2, -0.15) is 0 Å². The highest BCUT2D eigenvalue weighted by Crippen LogP contribution is 2.20. The molecule has 0 aliphatic heterocycles. The van der Waals surface area contributed by atoms with Crippen molar-refractivity contribution < 1.29 is 14.4 Å². The molecule has 4 heteroatoms. The number of Topliss-reactive ketones (excluding diaryl/α,β-unsaturated/α-hetero) is 2. The highest BCUT2D eigenvalue weighted by molar-refractivity contribution is 6.02. The van der Waals surface area contributed by atoms with Crippen LogP contribution in [0.25, 0.3) is 11.3 Å². The average molecular weight is 484 g/mol. The van der Waals surface area contributed by atoms with E-state index in [1.165, 1.54) is 5.56 Å². The molecule has 0 aliphatic carbocycles. The van der Waals surface area contributed by atoms with Crippen molar-refractivity contribution >= 4 is 28.7 Å². The van der Waals surface area contributed by atoms with Crippen molar-refractivity contribution in [3.63, 3.8) is 0 Å². The van der Waals surface area contributed by atoms with Crippen LogP contribution in [-0.2, 0) is 9.59 Å². The van der Waals surface area contributed by atoms with Crippen LogP contribution < -0.4 is 5.32 Å². The molecule has 0 atom stereocenters. The molecule has 0 fully saturated rings. The Morgan fingerprint density at radius 1 is 0.944 bits per heavy atom. The quantitative estimate of drug-likeness (QED) is 0.195. The van der Waals surface area contributed by atoms with E-state index in [0.717, 1.165) is 22.3 Å². The van der Waals surface area contributed by atoms with Crippen molar-refractivity contribution in [3.05, 3.63) is 107 Å². The van der Waals surface area contributed by atoms with Gasteiger partial charge in [0.05, 0.1) is 0 Å². The van der Waals surface area contributed by atoms with Crippen molar-refractivity contribution in [1.29, 1.82) is 0 Å². The number of amides is 1. The number of nitrogens with one attached hydrogen (secondary N) is 1. The molecular formula is C32H37NO3. The molecule has 0 bridgehead atoms. The molecule has 0 aromatic heterocycles. The van der Waals surface area contributed by atoms with Crippen LogP contribution in [0.5, 0.6) is 0 Å². The Labute approximate surface area is 215 Å². The fraction of sp³-hybridized carbons (Fsp3) is 0.281. The van der Waals surface area contributed by atoms with Gasteiger partial charge >= 0.3 is 0 Å². The van der Waals surface area contributed by atoms with Crippen LogP contribution in [0.3, 0.4) is 0 Å². The molecule has 0 heterocycles. The smallest absolute Gasteiger partial charge is 0.255 e. The summed E-state index contributed by atoms with van der Waals surface area (Å²) in [6.07, 6.45) is 9.18. The molecule has 0 saturated carbocycles. The van der Waals surface area contributed by atoms with E-state index in [2.05, 4.69) is 31.0 Å². The summed E-state index contributed by atoms with van der Waals surface area (Å²) in [5.74, 6) is -0.0638. The Kier molecular flexibility index (Phi) is 11.0. The third-order valence-electron chi connectivity index (χ3n) is 6.08. The molecule has 188 valence electrons. The maximum Gasteiger partial charge on any atom is 0.255 e. The van der Waals surface area contributed by atoms with Crippen LogP contribution >= 0.6 is 0 Å². The summed E-state index contributed by atoms with van der Waals surface area (Å²) in [7, 11) is 0. The van der Waals surface area contributed by atoms with Gasteiger partial charge in [0, 0.05) is 36.1 Å². The third-order valence-corrected chi connectivity index (χ3v) is 6.08. The highest BCUT2D eigenvalue weighted by Gasteiger charge is 2.13. The number of ketones is 2. The van der Waals surface area contributed by atoms with Gasteiger partial charge in [-0.25, -0.2) is 0 Å². The van der Waals surface area contributed by atoms with E-state index in [-0.39, 0.29) is 17.5 Å². The van der Waals surface area contributed by atoms with E-state index in [0.29, 0.717) is 42.5 Å². The predicted molar refractivity (Wildman–Crippen MR) is 150 cm³/mol. The molecule has 1 amide bonds. The van der Waals surface area contributed by atoms with Crippen LogP contribution in [0, 0.1) is 13.8 Å². The average Bonchev–Trinajstić information content (AvgIpc) is 2.86. The fourth-order valence-electron chi connectivity index (χ4n) is 3.91. The number of allylic oxidation sites excluding steroid dienone is 4. The molecule has 0 unspecified atom stereocenters. The largest absolute Gasteiger partial charge is 0.322 e. The summed E-state index contributed by atoms with van der Waals surface area (Å²) in [5.41, 5.74) is 6.55. The lowest BCUT2D eigenvalue weighted by molar-refractivity contribution is -0.119. The van der Waals surface area contributed by atoms with Crippen molar-refractivity contribution in [3.8, 4) is 0 Å². The monoisotopic (exact) mass is 483 g/mol. The lowest BCUT2D eigenvalue weighted by atomic mass is 9.97. The molecule has 1 N–H and O–H groups in total. The summed E-state index contributed by atoms with van der Waals surface area (Å²) in [4.78, 5) is 37.0. The van der Waals surface area contributed by atoms with Gasteiger partial charge in [-0.3, -0.25) is 14.4 Å². The van der Waals surface area contributed by atoms with Gasteiger partial charge in [0.25, 0.3) is 5.91 Å². The molecule has 0 saturated heterocycles. The topological polar surface area (TPSA) is 63.2 Å². The minimum Gasteiger partial charge on any atom is -0.322 e. The lowest BCUT2D eigenvalue weighted by Crippen LogP contribution is -2.22.